The van der Waals surface area contributed by atoms with Crippen molar-refractivity contribution in [3.8, 4) is 0 Å². The smallest absolute Gasteiger partial charge is 0.185 e. The maximum absolute atomic E-state index is 12.1. The zero-order valence-electron chi connectivity index (χ0n) is 11.1. The van der Waals surface area contributed by atoms with Crippen LogP contribution in [0.2, 0.25) is 0 Å². The van der Waals surface area contributed by atoms with E-state index in [2.05, 4.69) is 26.8 Å². The molecule has 0 fully saturated rings. The van der Waals surface area contributed by atoms with Crippen molar-refractivity contribution in [3.05, 3.63) is 47.0 Å². The predicted molar refractivity (Wildman–Crippen MR) is 73.4 cm³/mol. The Morgan fingerprint density at radius 1 is 1.18 bits per heavy atom. The van der Waals surface area contributed by atoms with Gasteiger partial charge >= 0.3 is 0 Å². The number of hydrogen-bond donors (Lipinski definition) is 0. The average molecular weight is 230 g/mol. The number of ketones is 1. The van der Waals surface area contributed by atoms with Gasteiger partial charge < -0.3 is 0 Å². The molecule has 1 heteroatoms. The summed E-state index contributed by atoms with van der Waals surface area (Å²) in [7, 11) is 0. The number of allylic oxidation sites excluding steroid dienone is 2. The zero-order valence-corrected chi connectivity index (χ0v) is 11.1. The van der Waals surface area contributed by atoms with Gasteiger partial charge in [-0.3, -0.25) is 4.79 Å². The van der Waals surface area contributed by atoms with Gasteiger partial charge in [0.25, 0.3) is 0 Å². The van der Waals surface area contributed by atoms with Crippen LogP contribution < -0.4 is 0 Å². The molecule has 0 unspecified atom stereocenters. The van der Waals surface area contributed by atoms with Crippen LogP contribution in [0.1, 0.15) is 56.0 Å². The van der Waals surface area contributed by atoms with Crippen LogP contribution in [0.15, 0.2) is 35.9 Å². The molecule has 1 rings (SSSR count). The molecule has 0 bridgehead atoms. The molecule has 0 saturated carbocycles. The SMILES string of the molecule is CCCc1cccc(C(=O)C=C(CC)CC)c1. The molecule has 0 N–H and O–H groups in total. The van der Waals surface area contributed by atoms with Gasteiger partial charge in [-0.2, -0.15) is 0 Å². The van der Waals surface area contributed by atoms with Gasteiger partial charge in [0.2, 0.25) is 0 Å². The summed E-state index contributed by atoms with van der Waals surface area (Å²) in [6, 6.07) is 7.99. The minimum atomic E-state index is 0.140. The fraction of sp³-hybridized carbons (Fsp3) is 0.438. The van der Waals surface area contributed by atoms with Gasteiger partial charge in [0.1, 0.15) is 0 Å². The van der Waals surface area contributed by atoms with E-state index < -0.39 is 0 Å². The molecule has 1 nitrogen and oxygen atoms in total. The Morgan fingerprint density at radius 3 is 2.47 bits per heavy atom. The normalized spacial score (nSPS) is 10.1. The van der Waals surface area contributed by atoms with Crippen molar-refractivity contribution in [3.63, 3.8) is 0 Å². The summed E-state index contributed by atoms with van der Waals surface area (Å²) < 4.78 is 0. The van der Waals surface area contributed by atoms with Crippen LogP contribution in [0.5, 0.6) is 0 Å². The molecule has 1 aromatic rings. The molecule has 0 saturated heterocycles. The van der Waals surface area contributed by atoms with Crippen LogP contribution in [-0.2, 0) is 6.42 Å². The van der Waals surface area contributed by atoms with E-state index in [4.69, 9.17) is 0 Å². The summed E-state index contributed by atoms with van der Waals surface area (Å²) in [5, 5.41) is 0. The van der Waals surface area contributed by atoms with E-state index in [0.29, 0.717) is 0 Å². The first-order chi connectivity index (χ1) is 8.21. The molecule has 92 valence electrons. The topological polar surface area (TPSA) is 17.1 Å². The second-order valence-corrected chi connectivity index (χ2v) is 4.32. The Bertz CT molecular complexity index is 396. The van der Waals surface area contributed by atoms with Gasteiger partial charge in [-0.25, -0.2) is 0 Å². The molecule has 0 aliphatic heterocycles. The summed E-state index contributed by atoms with van der Waals surface area (Å²) in [5.74, 6) is 0.140. The lowest BCUT2D eigenvalue weighted by molar-refractivity contribution is 0.104. The molecule has 0 atom stereocenters. The first-order valence-electron chi connectivity index (χ1n) is 6.53. The fourth-order valence-electron chi connectivity index (χ4n) is 1.89. The van der Waals surface area contributed by atoms with Gasteiger partial charge in [0, 0.05) is 5.56 Å². The highest BCUT2D eigenvalue weighted by atomic mass is 16.1. The van der Waals surface area contributed by atoms with Crippen LogP contribution in [0.4, 0.5) is 0 Å². The monoisotopic (exact) mass is 230 g/mol. The van der Waals surface area contributed by atoms with Crippen molar-refractivity contribution in [2.75, 3.05) is 0 Å². The third kappa shape index (κ3) is 4.18. The van der Waals surface area contributed by atoms with E-state index in [1.165, 1.54) is 11.1 Å². The summed E-state index contributed by atoms with van der Waals surface area (Å²) in [6.07, 6.45) is 5.86. The maximum Gasteiger partial charge on any atom is 0.185 e. The van der Waals surface area contributed by atoms with Gasteiger partial charge in [0.15, 0.2) is 5.78 Å². The Hall–Kier alpha value is -1.37. The maximum atomic E-state index is 12.1. The minimum absolute atomic E-state index is 0.140. The lowest BCUT2D eigenvalue weighted by atomic mass is 10.0. The third-order valence-electron chi connectivity index (χ3n) is 2.99. The predicted octanol–water partition coefficient (Wildman–Crippen LogP) is 4.57. The Balaban J connectivity index is 2.88. The summed E-state index contributed by atoms with van der Waals surface area (Å²) >= 11 is 0. The van der Waals surface area contributed by atoms with E-state index in [-0.39, 0.29) is 5.78 Å². The van der Waals surface area contributed by atoms with Crippen LogP contribution >= 0.6 is 0 Å². The van der Waals surface area contributed by atoms with Crippen molar-refractivity contribution in [2.45, 2.75) is 46.5 Å². The van der Waals surface area contributed by atoms with Crippen LogP contribution in [0, 0.1) is 0 Å². The fourth-order valence-corrected chi connectivity index (χ4v) is 1.89. The molecule has 0 aliphatic rings. The van der Waals surface area contributed by atoms with Crippen LogP contribution in [0.3, 0.4) is 0 Å². The lowest BCUT2D eigenvalue weighted by Gasteiger charge is -2.03. The van der Waals surface area contributed by atoms with Crippen molar-refractivity contribution >= 4 is 5.78 Å². The third-order valence-corrected chi connectivity index (χ3v) is 2.99. The van der Waals surface area contributed by atoms with E-state index >= 15 is 0 Å². The summed E-state index contributed by atoms with van der Waals surface area (Å²) in [6.45, 7) is 6.34. The van der Waals surface area contributed by atoms with Gasteiger partial charge in [0.05, 0.1) is 0 Å². The molecule has 0 spiro atoms. The first-order valence-corrected chi connectivity index (χ1v) is 6.53. The second kappa shape index (κ2) is 7.05. The highest BCUT2D eigenvalue weighted by Gasteiger charge is 2.04. The Kier molecular flexibility index (Phi) is 5.68. The second-order valence-electron chi connectivity index (χ2n) is 4.32. The average Bonchev–Trinajstić information content (AvgIpc) is 2.36. The molecular weight excluding hydrogens is 208 g/mol. The van der Waals surface area contributed by atoms with Crippen LogP contribution in [-0.4, -0.2) is 5.78 Å². The van der Waals surface area contributed by atoms with Gasteiger partial charge in [-0.1, -0.05) is 51.0 Å². The molecule has 0 aliphatic carbocycles. The number of benzene rings is 1. The highest BCUT2D eigenvalue weighted by molar-refractivity contribution is 6.05. The van der Waals surface area contributed by atoms with E-state index in [1.54, 1.807) is 6.08 Å². The lowest BCUT2D eigenvalue weighted by Crippen LogP contribution is -1.97. The highest BCUT2D eigenvalue weighted by Crippen LogP contribution is 2.12. The van der Waals surface area contributed by atoms with Crippen molar-refractivity contribution < 1.29 is 4.79 Å². The van der Waals surface area contributed by atoms with E-state index in [9.17, 15) is 4.79 Å². The Morgan fingerprint density at radius 2 is 1.88 bits per heavy atom. The first kappa shape index (κ1) is 13.7. The largest absolute Gasteiger partial charge is 0.289 e. The molecule has 17 heavy (non-hydrogen) atoms. The number of aryl methyl sites for hydroxylation is 1. The molecule has 0 radical (unpaired) electrons. The standard InChI is InChI=1S/C16H22O/c1-4-8-14-9-7-10-15(11-14)16(17)12-13(5-2)6-3/h7,9-12H,4-6,8H2,1-3H3. The Labute approximate surface area is 105 Å². The number of carbonyl (C=O) groups is 1. The zero-order chi connectivity index (χ0) is 12.7. The van der Waals surface area contributed by atoms with Crippen molar-refractivity contribution in [1.82, 2.24) is 0 Å². The number of rotatable bonds is 6. The number of carbonyl (C=O) groups excluding carboxylic acids is 1. The van der Waals surface area contributed by atoms with Gasteiger partial charge in [-0.15, -0.1) is 0 Å². The molecule has 0 aromatic heterocycles. The molecular formula is C16H22O. The van der Waals surface area contributed by atoms with E-state index in [0.717, 1.165) is 31.2 Å². The quantitative estimate of drug-likeness (QED) is 0.517. The summed E-state index contributed by atoms with van der Waals surface area (Å²) in [4.78, 5) is 12.1. The van der Waals surface area contributed by atoms with E-state index in [1.807, 2.05) is 18.2 Å². The van der Waals surface area contributed by atoms with Crippen molar-refractivity contribution in [2.24, 2.45) is 0 Å². The molecule has 1 aromatic carbocycles. The van der Waals surface area contributed by atoms with Crippen molar-refractivity contribution in [1.29, 1.82) is 0 Å². The number of hydrogen-bond acceptors (Lipinski definition) is 1. The minimum Gasteiger partial charge on any atom is -0.289 e. The summed E-state index contributed by atoms with van der Waals surface area (Å²) in [5.41, 5.74) is 3.28. The van der Waals surface area contributed by atoms with Gasteiger partial charge in [-0.05, 0) is 37.0 Å². The van der Waals surface area contributed by atoms with Crippen LogP contribution in [0.25, 0.3) is 0 Å². The molecule has 0 heterocycles. The molecule has 0 amide bonds.